The average molecular weight is 448 g/mol. The molecule has 0 aromatic carbocycles. The molecule has 162 valence electrons. The van der Waals surface area contributed by atoms with Crippen LogP contribution in [0.4, 0.5) is 0 Å². The highest BCUT2D eigenvalue weighted by molar-refractivity contribution is 7.12. The number of hydrogen-bond donors (Lipinski definition) is 0. The molecule has 7 heteroatoms. The van der Waals surface area contributed by atoms with Crippen LogP contribution in [0.2, 0.25) is 0 Å². The highest BCUT2D eigenvalue weighted by Gasteiger charge is 2.80. The normalized spacial score (nSPS) is 35.3. The van der Waals surface area contributed by atoms with Gasteiger partial charge in [-0.25, -0.2) is 4.79 Å². The Morgan fingerprint density at radius 3 is 2.37 bits per heavy atom. The van der Waals surface area contributed by atoms with Gasteiger partial charge in [-0.1, -0.05) is 19.1 Å². The molecule has 5 atom stereocenters. The first-order chi connectivity index (χ1) is 14.4. The first kappa shape index (κ1) is 20.6. The fourth-order valence-electron chi connectivity index (χ4n) is 6.07. The lowest BCUT2D eigenvalue weighted by Gasteiger charge is -2.41. The molecule has 3 saturated heterocycles. The second-order valence-corrected chi connectivity index (χ2v) is 10.6. The predicted molar refractivity (Wildman–Crippen MR) is 118 cm³/mol. The molecule has 5 heterocycles. The van der Waals surface area contributed by atoms with Crippen LogP contribution in [0.25, 0.3) is 0 Å². The Bertz CT molecular complexity index is 880. The molecule has 2 bridgehead atoms. The van der Waals surface area contributed by atoms with Crippen LogP contribution >= 0.6 is 22.7 Å². The van der Waals surface area contributed by atoms with Crippen LogP contribution < -0.4 is 0 Å². The number of carbonyl (C=O) groups is 1. The van der Waals surface area contributed by atoms with Crippen molar-refractivity contribution >= 4 is 28.6 Å². The van der Waals surface area contributed by atoms with Gasteiger partial charge in [-0.3, -0.25) is 4.90 Å². The lowest BCUT2D eigenvalue weighted by atomic mass is 9.87. The number of epoxide rings is 1. The maximum absolute atomic E-state index is 13.8. The van der Waals surface area contributed by atoms with Crippen molar-refractivity contribution in [3.8, 4) is 0 Å². The molecule has 5 unspecified atom stereocenters. The van der Waals surface area contributed by atoms with Gasteiger partial charge < -0.3 is 14.2 Å². The standard InChI is InChI=1S/C23H29NO4S2/c1-5-22-17-14-15(13-16(24(17)4)21(22,3)28-22)27-20(25)23(26-6-2,18-9-7-11-29-18)19-10-8-12-30-19/h7-12,15-17H,5-6,13-14H2,1-4H3. The molecule has 3 aliphatic heterocycles. The first-order valence-electron chi connectivity index (χ1n) is 10.8. The van der Waals surface area contributed by atoms with E-state index in [1.54, 1.807) is 0 Å². The van der Waals surface area contributed by atoms with Crippen LogP contribution in [0.3, 0.4) is 0 Å². The number of carbonyl (C=O) groups excluding carboxylic acids is 1. The largest absolute Gasteiger partial charge is 0.460 e. The molecule has 3 aliphatic rings. The van der Waals surface area contributed by atoms with E-state index in [1.165, 1.54) is 22.7 Å². The van der Waals surface area contributed by atoms with Crippen molar-refractivity contribution in [2.45, 2.75) is 75.0 Å². The zero-order chi connectivity index (χ0) is 21.1. The molecule has 0 saturated carbocycles. The van der Waals surface area contributed by atoms with Crippen molar-refractivity contribution in [1.29, 1.82) is 0 Å². The number of piperidine rings is 1. The number of morpholine rings is 1. The minimum Gasteiger partial charge on any atom is -0.460 e. The van der Waals surface area contributed by atoms with Gasteiger partial charge in [0.25, 0.3) is 0 Å². The average Bonchev–Trinajstić information content (AvgIpc) is 3.21. The van der Waals surface area contributed by atoms with Gasteiger partial charge in [0.05, 0.1) is 9.75 Å². The van der Waals surface area contributed by atoms with Crippen molar-refractivity contribution in [2.24, 2.45) is 0 Å². The molecule has 5 nitrogen and oxygen atoms in total. The van der Waals surface area contributed by atoms with E-state index >= 15 is 0 Å². The molecule has 0 N–H and O–H groups in total. The van der Waals surface area contributed by atoms with E-state index in [4.69, 9.17) is 14.2 Å². The third kappa shape index (κ3) is 2.59. The van der Waals surface area contributed by atoms with Gasteiger partial charge in [0.1, 0.15) is 17.3 Å². The van der Waals surface area contributed by atoms with E-state index in [0.717, 1.165) is 29.0 Å². The quantitative estimate of drug-likeness (QED) is 0.465. The fraction of sp³-hybridized carbons (Fsp3) is 0.609. The Morgan fingerprint density at radius 2 is 1.83 bits per heavy atom. The number of nitrogens with zero attached hydrogens (tertiary/aromatic N) is 1. The fourth-order valence-corrected chi connectivity index (χ4v) is 7.89. The summed E-state index contributed by atoms with van der Waals surface area (Å²) >= 11 is 3.07. The molecule has 0 amide bonds. The summed E-state index contributed by atoms with van der Waals surface area (Å²) in [5.41, 5.74) is -1.40. The zero-order valence-corrected chi connectivity index (χ0v) is 19.6. The molecular weight excluding hydrogens is 418 g/mol. The third-order valence-corrected chi connectivity index (χ3v) is 9.45. The summed E-state index contributed by atoms with van der Waals surface area (Å²) in [7, 11) is 2.19. The van der Waals surface area contributed by atoms with Crippen molar-refractivity contribution in [1.82, 2.24) is 4.90 Å². The SMILES string of the molecule is CCOC(C(=O)OC1CC2N(C)C(C1)C1(CC)OC21C)(c1cccs1)c1cccs1. The van der Waals surface area contributed by atoms with Gasteiger partial charge in [-0.05, 0) is 50.2 Å². The maximum Gasteiger partial charge on any atom is 0.349 e. The monoisotopic (exact) mass is 447 g/mol. The molecule has 0 radical (unpaired) electrons. The van der Waals surface area contributed by atoms with Gasteiger partial charge in [0.15, 0.2) is 0 Å². The van der Waals surface area contributed by atoms with E-state index in [0.29, 0.717) is 6.61 Å². The van der Waals surface area contributed by atoms with E-state index in [1.807, 2.05) is 41.9 Å². The van der Waals surface area contributed by atoms with Crippen LogP contribution in [0.5, 0.6) is 0 Å². The summed E-state index contributed by atoms with van der Waals surface area (Å²) in [6.45, 7) is 6.78. The lowest BCUT2D eigenvalue weighted by Crippen LogP contribution is -2.52. The Balaban J connectivity index is 1.44. The summed E-state index contributed by atoms with van der Waals surface area (Å²) in [4.78, 5) is 18.0. The smallest absolute Gasteiger partial charge is 0.349 e. The van der Waals surface area contributed by atoms with Gasteiger partial charge in [-0.2, -0.15) is 0 Å². The number of hydrogen-bond acceptors (Lipinski definition) is 7. The summed E-state index contributed by atoms with van der Waals surface area (Å²) in [5.74, 6) is -0.298. The van der Waals surface area contributed by atoms with Crippen LogP contribution in [-0.4, -0.2) is 53.9 Å². The second-order valence-electron chi connectivity index (χ2n) is 8.72. The first-order valence-corrected chi connectivity index (χ1v) is 12.5. The summed E-state index contributed by atoms with van der Waals surface area (Å²) in [6, 6.07) is 8.42. The summed E-state index contributed by atoms with van der Waals surface area (Å²) in [5, 5.41) is 3.97. The number of thiophene rings is 2. The summed E-state index contributed by atoms with van der Waals surface area (Å²) < 4.78 is 18.8. The van der Waals surface area contributed by atoms with Crippen LogP contribution in [0.15, 0.2) is 35.0 Å². The van der Waals surface area contributed by atoms with Crippen molar-refractivity contribution < 1.29 is 19.0 Å². The third-order valence-electron chi connectivity index (χ3n) is 7.51. The molecule has 3 fully saturated rings. The Hall–Kier alpha value is -1.25. The highest BCUT2D eigenvalue weighted by Crippen LogP contribution is 2.65. The Labute approximate surface area is 185 Å². The lowest BCUT2D eigenvalue weighted by molar-refractivity contribution is -0.178. The number of esters is 1. The van der Waals surface area contributed by atoms with Gasteiger partial charge in [0, 0.05) is 31.5 Å². The summed E-state index contributed by atoms with van der Waals surface area (Å²) in [6.07, 6.45) is 2.47. The van der Waals surface area contributed by atoms with E-state index in [2.05, 4.69) is 25.8 Å². The van der Waals surface area contributed by atoms with Gasteiger partial charge in [-0.15, -0.1) is 22.7 Å². The highest BCUT2D eigenvalue weighted by atomic mass is 32.1. The van der Waals surface area contributed by atoms with E-state index in [-0.39, 0.29) is 35.4 Å². The van der Waals surface area contributed by atoms with Crippen molar-refractivity contribution in [3.63, 3.8) is 0 Å². The number of fused-ring (bicyclic) bond motifs is 5. The van der Waals surface area contributed by atoms with E-state index < -0.39 is 5.60 Å². The number of likely N-dealkylation sites (N-methyl/N-ethyl adjacent to an activating group) is 1. The molecule has 0 aliphatic carbocycles. The topological polar surface area (TPSA) is 51.3 Å². The van der Waals surface area contributed by atoms with Crippen LogP contribution in [0.1, 0.15) is 49.8 Å². The predicted octanol–water partition coefficient (Wildman–Crippen LogP) is 4.42. The number of rotatable bonds is 7. The Morgan fingerprint density at radius 1 is 1.20 bits per heavy atom. The van der Waals surface area contributed by atoms with Crippen molar-refractivity contribution in [3.05, 3.63) is 44.8 Å². The van der Waals surface area contributed by atoms with Gasteiger partial charge >= 0.3 is 5.97 Å². The minimum atomic E-state index is -1.19. The molecule has 2 aromatic rings. The molecule has 30 heavy (non-hydrogen) atoms. The van der Waals surface area contributed by atoms with Crippen molar-refractivity contribution in [2.75, 3.05) is 13.7 Å². The second kappa shape index (κ2) is 7.14. The molecule has 0 spiro atoms. The Kier molecular flexibility index (Phi) is 4.91. The van der Waals surface area contributed by atoms with Gasteiger partial charge in [0.2, 0.25) is 5.60 Å². The molecule has 2 aromatic heterocycles. The van der Waals surface area contributed by atoms with Crippen LogP contribution in [-0.2, 0) is 24.6 Å². The maximum atomic E-state index is 13.8. The zero-order valence-electron chi connectivity index (χ0n) is 17.9. The molecular formula is C23H29NO4S2. The van der Waals surface area contributed by atoms with Crippen LogP contribution in [0, 0.1) is 0 Å². The number of ether oxygens (including phenoxy) is 3. The van der Waals surface area contributed by atoms with E-state index in [9.17, 15) is 4.79 Å². The minimum absolute atomic E-state index is 0.0912. The molecule has 5 rings (SSSR count).